The summed E-state index contributed by atoms with van der Waals surface area (Å²) >= 11 is 0. The molecule has 0 rings (SSSR count). The van der Waals surface area contributed by atoms with Gasteiger partial charge >= 0.3 is 0 Å². The molecule has 82 valence electrons. The van der Waals surface area contributed by atoms with Crippen LogP contribution in [0.3, 0.4) is 0 Å². The second-order valence-corrected chi connectivity index (χ2v) is 4.82. The monoisotopic (exact) mass is 197 g/mol. The molecule has 0 aliphatic rings. The van der Waals surface area contributed by atoms with Crippen molar-refractivity contribution in [3.63, 3.8) is 0 Å². The van der Waals surface area contributed by atoms with Crippen LogP contribution in [-0.2, 0) is 0 Å². The van der Waals surface area contributed by atoms with Gasteiger partial charge in [-0.3, -0.25) is 0 Å². The van der Waals surface area contributed by atoms with Gasteiger partial charge in [-0.25, -0.2) is 0 Å². The fourth-order valence-electron chi connectivity index (χ4n) is 1.79. The van der Waals surface area contributed by atoms with Crippen LogP contribution in [0.15, 0.2) is 5.11 Å². The van der Waals surface area contributed by atoms with Gasteiger partial charge in [0.2, 0.25) is 0 Å². The summed E-state index contributed by atoms with van der Waals surface area (Å²) < 4.78 is 0. The fourth-order valence-corrected chi connectivity index (χ4v) is 1.79. The van der Waals surface area contributed by atoms with E-state index in [0.29, 0.717) is 0 Å². The summed E-state index contributed by atoms with van der Waals surface area (Å²) in [6.45, 7) is 10.9. The minimum atomic E-state index is -0.172. The molecule has 3 heteroatoms. The quantitative estimate of drug-likeness (QED) is 0.337. The molecule has 0 aromatic heterocycles. The first-order chi connectivity index (χ1) is 6.45. The van der Waals surface area contributed by atoms with Crippen molar-refractivity contribution < 1.29 is 0 Å². The van der Waals surface area contributed by atoms with Crippen molar-refractivity contribution in [3.8, 4) is 0 Å². The van der Waals surface area contributed by atoms with E-state index in [1.807, 2.05) is 0 Å². The van der Waals surface area contributed by atoms with Crippen molar-refractivity contribution in [2.45, 2.75) is 65.8 Å². The van der Waals surface area contributed by atoms with E-state index in [4.69, 9.17) is 5.53 Å². The topological polar surface area (TPSA) is 48.8 Å². The summed E-state index contributed by atoms with van der Waals surface area (Å²) in [5.74, 6) is 0. The molecule has 0 aromatic rings. The van der Waals surface area contributed by atoms with Crippen LogP contribution in [0.5, 0.6) is 0 Å². The second kappa shape index (κ2) is 5.26. The molecule has 0 radical (unpaired) electrons. The lowest BCUT2D eigenvalue weighted by Gasteiger charge is -2.35. The summed E-state index contributed by atoms with van der Waals surface area (Å²) in [5, 5.41) is 4.01. The SMILES string of the molecule is CCC(C)(C)CC(CC)(CC)N=[N+]=[N-]. The molecule has 0 saturated heterocycles. The van der Waals surface area contributed by atoms with Crippen molar-refractivity contribution in [3.05, 3.63) is 10.4 Å². The molecule has 0 aliphatic heterocycles. The van der Waals surface area contributed by atoms with Crippen molar-refractivity contribution in [2.24, 2.45) is 10.5 Å². The molecule has 0 amide bonds. The first-order valence-electron chi connectivity index (χ1n) is 5.51. The maximum atomic E-state index is 8.59. The molecule has 3 nitrogen and oxygen atoms in total. The highest BCUT2D eigenvalue weighted by Crippen LogP contribution is 2.37. The number of hydrogen-bond donors (Lipinski definition) is 0. The minimum absolute atomic E-state index is 0.172. The Bertz CT molecular complexity index is 211. The van der Waals surface area contributed by atoms with E-state index in [1.54, 1.807) is 0 Å². The molecule has 0 atom stereocenters. The zero-order valence-corrected chi connectivity index (χ0v) is 10.2. The molecular formula is C11H23N3. The second-order valence-electron chi connectivity index (χ2n) is 4.82. The van der Waals surface area contributed by atoms with Crippen molar-refractivity contribution in [1.29, 1.82) is 0 Å². The van der Waals surface area contributed by atoms with E-state index in [2.05, 4.69) is 44.6 Å². The molecule has 14 heavy (non-hydrogen) atoms. The van der Waals surface area contributed by atoms with Crippen LogP contribution in [0.4, 0.5) is 0 Å². The summed E-state index contributed by atoms with van der Waals surface area (Å²) in [6, 6.07) is 0. The third-order valence-electron chi connectivity index (χ3n) is 3.34. The van der Waals surface area contributed by atoms with Gasteiger partial charge < -0.3 is 0 Å². The van der Waals surface area contributed by atoms with Crippen LogP contribution in [0.1, 0.15) is 60.3 Å². The Hall–Kier alpha value is -0.690. The molecule has 0 unspecified atom stereocenters. The predicted molar refractivity (Wildman–Crippen MR) is 61.1 cm³/mol. The number of rotatable bonds is 6. The number of nitrogens with zero attached hydrogens (tertiary/aromatic N) is 3. The van der Waals surface area contributed by atoms with E-state index in [-0.39, 0.29) is 11.0 Å². The van der Waals surface area contributed by atoms with Crippen molar-refractivity contribution >= 4 is 0 Å². The van der Waals surface area contributed by atoms with E-state index >= 15 is 0 Å². The van der Waals surface area contributed by atoms with Crippen LogP contribution in [0.25, 0.3) is 10.4 Å². The van der Waals surface area contributed by atoms with Gasteiger partial charge in [-0.15, -0.1) is 0 Å². The Balaban J connectivity index is 4.75. The fraction of sp³-hybridized carbons (Fsp3) is 1.00. The number of hydrogen-bond acceptors (Lipinski definition) is 1. The smallest absolute Gasteiger partial charge is 0.0488 e. The van der Waals surface area contributed by atoms with Gasteiger partial charge in [0.15, 0.2) is 0 Å². The Labute approximate surface area is 87.5 Å². The Morgan fingerprint density at radius 3 is 1.86 bits per heavy atom. The molecule has 0 aliphatic carbocycles. The third-order valence-corrected chi connectivity index (χ3v) is 3.34. The zero-order chi connectivity index (χ0) is 11.2. The highest BCUT2D eigenvalue weighted by molar-refractivity contribution is 4.90. The molecule has 0 bridgehead atoms. The van der Waals surface area contributed by atoms with Gasteiger partial charge in [0, 0.05) is 10.5 Å². The first kappa shape index (κ1) is 13.3. The van der Waals surface area contributed by atoms with E-state index in [1.165, 1.54) is 0 Å². The molecular weight excluding hydrogens is 174 g/mol. The van der Waals surface area contributed by atoms with Gasteiger partial charge in [0.25, 0.3) is 0 Å². The lowest BCUT2D eigenvalue weighted by molar-refractivity contribution is 0.214. The number of azide groups is 1. The summed E-state index contributed by atoms with van der Waals surface area (Å²) in [6.07, 6.45) is 3.96. The highest BCUT2D eigenvalue weighted by atomic mass is 15.2. The lowest BCUT2D eigenvalue weighted by atomic mass is 9.75. The minimum Gasteiger partial charge on any atom is -0.0873 e. The van der Waals surface area contributed by atoms with Gasteiger partial charge in [0.05, 0.1) is 0 Å². The average Bonchev–Trinajstić information content (AvgIpc) is 2.17. The molecule has 0 N–H and O–H groups in total. The van der Waals surface area contributed by atoms with Gasteiger partial charge in [0.1, 0.15) is 0 Å². The summed E-state index contributed by atoms with van der Waals surface area (Å²) in [7, 11) is 0. The zero-order valence-electron chi connectivity index (χ0n) is 10.2. The maximum Gasteiger partial charge on any atom is 0.0488 e. The van der Waals surface area contributed by atoms with Crippen LogP contribution in [0.2, 0.25) is 0 Å². The van der Waals surface area contributed by atoms with Crippen LogP contribution < -0.4 is 0 Å². The molecule has 0 saturated carbocycles. The van der Waals surface area contributed by atoms with Gasteiger partial charge in [-0.2, -0.15) is 0 Å². The van der Waals surface area contributed by atoms with Crippen molar-refractivity contribution in [2.75, 3.05) is 0 Å². The van der Waals surface area contributed by atoms with E-state index < -0.39 is 0 Å². The van der Waals surface area contributed by atoms with Crippen molar-refractivity contribution in [1.82, 2.24) is 0 Å². The van der Waals surface area contributed by atoms with E-state index in [0.717, 1.165) is 25.7 Å². The first-order valence-corrected chi connectivity index (χ1v) is 5.51. The highest BCUT2D eigenvalue weighted by Gasteiger charge is 2.31. The predicted octanol–water partition coefficient (Wildman–Crippen LogP) is 4.68. The van der Waals surface area contributed by atoms with Crippen LogP contribution >= 0.6 is 0 Å². The molecule has 0 aromatic carbocycles. The Morgan fingerprint density at radius 1 is 1.07 bits per heavy atom. The maximum absolute atomic E-state index is 8.59. The molecule has 0 fully saturated rings. The summed E-state index contributed by atoms with van der Waals surface area (Å²) in [4.78, 5) is 2.99. The third kappa shape index (κ3) is 3.59. The largest absolute Gasteiger partial charge is 0.0873 e. The Morgan fingerprint density at radius 2 is 1.57 bits per heavy atom. The van der Waals surface area contributed by atoms with Gasteiger partial charge in [-0.1, -0.05) is 46.2 Å². The Kier molecular flexibility index (Phi) is 5.00. The molecule has 0 heterocycles. The van der Waals surface area contributed by atoms with E-state index in [9.17, 15) is 0 Å². The molecule has 0 spiro atoms. The normalized spacial score (nSPS) is 12.4. The lowest BCUT2D eigenvalue weighted by Crippen LogP contribution is -2.31. The average molecular weight is 197 g/mol. The summed E-state index contributed by atoms with van der Waals surface area (Å²) in [5.41, 5.74) is 8.68. The van der Waals surface area contributed by atoms with Crippen LogP contribution in [0, 0.1) is 5.41 Å². The standard InChI is InChI=1S/C11H23N3/c1-6-10(4,5)9-11(7-2,8-3)13-14-12/h6-9H2,1-5H3. The van der Waals surface area contributed by atoms with Gasteiger partial charge in [-0.05, 0) is 30.2 Å². The van der Waals surface area contributed by atoms with Crippen LogP contribution in [-0.4, -0.2) is 5.54 Å².